The molecule has 11 nitrogen and oxygen atoms in total. The molecule has 48 heavy (non-hydrogen) atoms. The molecule has 2 fully saturated rings. The highest BCUT2D eigenvalue weighted by Gasteiger charge is 2.45. The van der Waals surface area contributed by atoms with Crippen molar-refractivity contribution in [1.29, 1.82) is 0 Å². The third-order valence-corrected chi connectivity index (χ3v) is 10.6. The summed E-state index contributed by atoms with van der Waals surface area (Å²) in [6, 6.07) is 2.58. The molecule has 15 heteroatoms. The minimum Gasteiger partial charge on any atom is -0.461 e. The molecule has 258 valence electrons. The summed E-state index contributed by atoms with van der Waals surface area (Å²) in [4.78, 5) is 28.8. The highest BCUT2D eigenvalue weighted by Crippen LogP contribution is 2.45. The summed E-state index contributed by atoms with van der Waals surface area (Å²) in [7, 11) is 3.40. The predicted octanol–water partition coefficient (Wildman–Crippen LogP) is 5.17. The van der Waals surface area contributed by atoms with Crippen molar-refractivity contribution in [1.82, 2.24) is 29.5 Å². The van der Waals surface area contributed by atoms with Crippen LogP contribution in [0.4, 0.5) is 24.7 Å². The van der Waals surface area contributed by atoms with E-state index in [-0.39, 0.29) is 41.7 Å². The van der Waals surface area contributed by atoms with Crippen LogP contribution in [0.25, 0.3) is 0 Å². The van der Waals surface area contributed by atoms with E-state index in [4.69, 9.17) is 36.8 Å². The molecule has 4 aliphatic heterocycles. The van der Waals surface area contributed by atoms with Gasteiger partial charge in [0, 0.05) is 50.4 Å². The van der Waals surface area contributed by atoms with Gasteiger partial charge in [-0.1, -0.05) is 11.6 Å². The fourth-order valence-corrected chi connectivity index (χ4v) is 8.20. The Morgan fingerprint density at radius 1 is 1.15 bits per heavy atom. The molecule has 2 N–H and O–H groups in total. The molecular formula is C33H40ClF3N8O3. The second-order valence-electron chi connectivity index (χ2n) is 13.5. The maximum atomic E-state index is 14.2. The summed E-state index contributed by atoms with van der Waals surface area (Å²) in [5.41, 5.74) is 8.32. The van der Waals surface area contributed by atoms with Crippen molar-refractivity contribution in [2.24, 2.45) is 0 Å². The van der Waals surface area contributed by atoms with Crippen LogP contribution in [0.5, 0.6) is 6.01 Å². The lowest BCUT2D eigenvalue weighted by Crippen LogP contribution is -2.43. The van der Waals surface area contributed by atoms with Gasteiger partial charge in [-0.25, -0.2) is 0 Å². The molecule has 4 aliphatic rings. The molecule has 6 heterocycles. The summed E-state index contributed by atoms with van der Waals surface area (Å²) >= 11 is 6.10. The summed E-state index contributed by atoms with van der Waals surface area (Å²) < 4.78 is 57.2. The Hall–Kier alpha value is -3.62. The number of rotatable bonds is 6. The molecule has 1 atom stereocenters. The van der Waals surface area contributed by atoms with Gasteiger partial charge in [0.1, 0.15) is 12.4 Å². The maximum Gasteiger partial charge on any atom is 0.418 e. The van der Waals surface area contributed by atoms with Gasteiger partial charge in [0.2, 0.25) is 0 Å². The number of amides is 1. The molecule has 2 aromatic heterocycles. The van der Waals surface area contributed by atoms with Crippen LogP contribution in [0.15, 0.2) is 12.1 Å². The van der Waals surface area contributed by atoms with Crippen LogP contribution in [-0.4, -0.2) is 81.3 Å². The zero-order valence-corrected chi connectivity index (χ0v) is 28.1. The molecule has 0 aliphatic carbocycles. The van der Waals surface area contributed by atoms with Crippen molar-refractivity contribution in [2.75, 3.05) is 51.0 Å². The number of alkyl halides is 3. The number of anilines is 2. The number of hydrogen-bond donors (Lipinski definition) is 1. The molecule has 1 aromatic carbocycles. The Morgan fingerprint density at radius 3 is 2.60 bits per heavy atom. The van der Waals surface area contributed by atoms with Gasteiger partial charge in [-0.15, -0.1) is 0 Å². The highest BCUT2D eigenvalue weighted by atomic mass is 35.5. The molecule has 7 rings (SSSR count). The van der Waals surface area contributed by atoms with Gasteiger partial charge in [-0.05, 0) is 69.8 Å². The number of nitrogens with zero attached hydrogens (tertiary/aromatic N) is 7. The van der Waals surface area contributed by atoms with E-state index < -0.39 is 22.9 Å². The third-order valence-electron chi connectivity index (χ3n) is 10.3. The molecular weight excluding hydrogens is 649 g/mol. The number of hydrogen-bond acceptors (Lipinski definition) is 9. The number of aromatic nitrogens is 4. The molecule has 0 bridgehead atoms. The second kappa shape index (κ2) is 12.4. The smallest absolute Gasteiger partial charge is 0.418 e. The van der Waals surface area contributed by atoms with E-state index in [0.29, 0.717) is 49.0 Å². The van der Waals surface area contributed by atoms with Crippen molar-refractivity contribution in [3.8, 4) is 6.01 Å². The molecule has 0 saturated carbocycles. The summed E-state index contributed by atoms with van der Waals surface area (Å²) in [6.07, 6.45) is -0.602. The van der Waals surface area contributed by atoms with E-state index in [0.717, 1.165) is 62.5 Å². The van der Waals surface area contributed by atoms with Gasteiger partial charge in [-0.2, -0.15) is 28.2 Å². The number of carbonyl (C=O) groups excluding carboxylic acids is 1. The van der Waals surface area contributed by atoms with Gasteiger partial charge in [0.15, 0.2) is 5.69 Å². The van der Waals surface area contributed by atoms with E-state index in [2.05, 4.69) is 14.9 Å². The van der Waals surface area contributed by atoms with Crippen LogP contribution >= 0.6 is 11.6 Å². The van der Waals surface area contributed by atoms with Crippen molar-refractivity contribution in [3.63, 3.8) is 0 Å². The van der Waals surface area contributed by atoms with Crippen LogP contribution in [0, 0.1) is 6.92 Å². The lowest BCUT2D eigenvalue weighted by Gasteiger charge is -2.33. The zero-order chi connectivity index (χ0) is 34.0. The SMILES string of the molecule is Cc1c(C(=O)N(C)C)nn2c1CN(c1nc(OCC34CCCN3CCC4)nc3c1COC(c1cc(N)cc(Cl)c1C(F)(F)F)C3)CCC2. The number of benzene rings is 1. The van der Waals surface area contributed by atoms with E-state index in [1.165, 1.54) is 11.0 Å². The molecule has 1 amide bonds. The van der Waals surface area contributed by atoms with Crippen LogP contribution in [0.2, 0.25) is 5.02 Å². The Bertz CT molecular complexity index is 1740. The monoisotopic (exact) mass is 688 g/mol. The standard InChI is InChI=1S/C33H40ClF3N8O3/c1-19-25-16-43(9-6-12-45(25)41-28(19)30(46)42(2)3)29-22-17-47-26(21-13-20(38)14-23(34)27(21)33(35,36)37)15-24(22)39-31(40-29)48-18-32-7-4-10-44(32)11-5-8-32/h13-14,26H,4-12,15-18,38H2,1-3H3. The predicted molar refractivity (Wildman–Crippen MR) is 173 cm³/mol. The van der Waals surface area contributed by atoms with Crippen LogP contribution in [0.3, 0.4) is 0 Å². The maximum absolute atomic E-state index is 14.2. The van der Waals surface area contributed by atoms with Gasteiger partial charge >= 0.3 is 12.2 Å². The summed E-state index contributed by atoms with van der Waals surface area (Å²) in [5.74, 6) is 0.443. The Kier molecular flexibility index (Phi) is 8.48. The fourth-order valence-electron chi connectivity index (χ4n) is 7.86. The largest absolute Gasteiger partial charge is 0.461 e. The van der Waals surface area contributed by atoms with Gasteiger partial charge in [-0.3, -0.25) is 14.4 Å². The van der Waals surface area contributed by atoms with E-state index in [9.17, 15) is 18.0 Å². The van der Waals surface area contributed by atoms with Crippen LogP contribution < -0.4 is 15.4 Å². The number of nitrogens with two attached hydrogens (primary N) is 1. The number of aryl methyl sites for hydroxylation is 1. The van der Waals surface area contributed by atoms with Gasteiger partial charge < -0.3 is 25.0 Å². The average Bonchev–Trinajstić information content (AvgIpc) is 3.65. The first-order chi connectivity index (χ1) is 22.8. The average molecular weight is 689 g/mol. The zero-order valence-electron chi connectivity index (χ0n) is 27.4. The van der Waals surface area contributed by atoms with Crippen molar-refractivity contribution in [3.05, 3.63) is 56.5 Å². The molecule has 1 unspecified atom stereocenters. The minimum atomic E-state index is -4.71. The minimum absolute atomic E-state index is 0.0177. The quantitative estimate of drug-likeness (QED) is 0.351. The van der Waals surface area contributed by atoms with Crippen molar-refractivity contribution < 1.29 is 27.4 Å². The first-order valence-corrected chi connectivity index (χ1v) is 16.8. The normalized spacial score (nSPS) is 20.6. The third kappa shape index (κ3) is 5.85. The lowest BCUT2D eigenvalue weighted by atomic mass is 9.94. The van der Waals surface area contributed by atoms with E-state index >= 15 is 0 Å². The first-order valence-electron chi connectivity index (χ1n) is 16.4. The second-order valence-corrected chi connectivity index (χ2v) is 14.0. The molecule has 3 aromatic rings. The Balaban J connectivity index is 1.27. The number of fused-ring (bicyclic) bond motifs is 3. The van der Waals surface area contributed by atoms with E-state index in [1.807, 2.05) is 11.6 Å². The number of carbonyl (C=O) groups is 1. The van der Waals surface area contributed by atoms with Crippen molar-refractivity contribution in [2.45, 2.75) is 83.0 Å². The first kappa shape index (κ1) is 32.9. The van der Waals surface area contributed by atoms with Crippen LogP contribution in [0.1, 0.15) is 82.3 Å². The van der Waals surface area contributed by atoms with Crippen molar-refractivity contribution >= 4 is 29.0 Å². The summed E-state index contributed by atoms with van der Waals surface area (Å²) in [6.45, 7) is 6.09. The topological polar surface area (TPSA) is 115 Å². The molecule has 0 radical (unpaired) electrons. The number of nitrogen functional groups attached to an aromatic ring is 1. The summed E-state index contributed by atoms with van der Waals surface area (Å²) in [5, 5.41) is 4.18. The molecule has 0 spiro atoms. The van der Waals surface area contributed by atoms with Gasteiger partial charge in [0.25, 0.3) is 5.91 Å². The number of halogens is 4. The fraction of sp³-hybridized carbons (Fsp3) is 0.576. The van der Waals surface area contributed by atoms with Gasteiger partial charge in [0.05, 0.1) is 46.8 Å². The Labute approximate surface area is 282 Å². The van der Waals surface area contributed by atoms with E-state index in [1.54, 1.807) is 14.1 Å². The van der Waals surface area contributed by atoms with Crippen LogP contribution in [-0.2, 0) is 37.0 Å². The highest BCUT2D eigenvalue weighted by molar-refractivity contribution is 6.31. The number of ether oxygens (including phenoxy) is 2. The Morgan fingerprint density at radius 2 is 1.90 bits per heavy atom. The lowest BCUT2D eigenvalue weighted by molar-refractivity contribution is -0.139. The molecule has 2 saturated heterocycles.